The minimum atomic E-state index is -0.754. The van der Waals surface area contributed by atoms with Gasteiger partial charge in [-0.3, -0.25) is 14.9 Å². The van der Waals surface area contributed by atoms with Crippen LogP contribution in [0.4, 0.5) is 11.4 Å². The van der Waals surface area contributed by atoms with E-state index >= 15 is 0 Å². The number of nitrogens with zero attached hydrogens (tertiary/aromatic N) is 3. The van der Waals surface area contributed by atoms with Gasteiger partial charge >= 0.3 is 0 Å². The standard InChI is InChI=1S/C18H20N4O4/c1-3-21(4-2)15-8-6-14(7-9-15)18(24)20-19-12-13-5-10-17(23)16(11-13)22(25)26/h5-12,23H,3-4H2,1-2H3,(H,20,24)/p-1/b19-12-. The van der Waals surface area contributed by atoms with Crippen molar-refractivity contribution in [2.75, 3.05) is 18.0 Å². The van der Waals surface area contributed by atoms with Gasteiger partial charge in [-0.2, -0.15) is 5.10 Å². The maximum Gasteiger partial charge on any atom is 0.271 e. The van der Waals surface area contributed by atoms with Crippen molar-refractivity contribution in [3.8, 4) is 5.75 Å². The molecule has 2 rings (SSSR count). The normalized spacial score (nSPS) is 10.7. The SMILES string of the molecule is CCN(CC)c1ccc(C(=O)N/N=C\c2ccc([O-])c([N+](=O)[O-])c2)cc1. The molecule has 2 aromatic carbocycles. The van der Waals surface area contributed by atoms with E-state index in [1.165, 1.54) is 12.3 Å². The second-order valence-electron chi connectivity index (χ2n) is 5.40. The molecule has 0 saturated carbocycles. The molecular formula is C18H19N4O4-. The summed E-state index contributed by atoms with van der Waals surface area (Å²) in [5.74, 6) is -1.08. The highest BCUT2D eigenvalue weighted by molar-refractivity contribution is 5.95. The zero-order chi connectivity index (χ0) is 19.1. The Bertz CT molecular complexity index is 814. The first-order valence-corrected chi connectivity index (χ1v) is 8.10. The lowest BCUT2D eigenvalue weighted by Crippen LogP contribution is -2.22. The van der Waals surface area contributed by atoms with E-state index in [1.807, 2.05) is 12.1 Å². The van der Waals surface area contributed by atoms with Gasteiger partial charge in [-0.05, 0) is 43.9 Å². The Balaban J connectivity index is 2.03. The van der Waals surface area contributed by atoms with Crippen LogP contribution in [0.3, 0.4) is 0 Å². The van der Waals surface area contributed by atoms with Crippen molar-refractivity contribution in [2.24, 2.45) is 5.10 Å². The number of hydrogen-bond acceptors (Lipinski definition) is 6. The van der Waals surface area contributed by atoms with Crippen LogP contribution in [-0.4, -0.2) is 30.1 Å². The van der Waals surface area contributed by atoms with Crippen LogP contribution in [0, 0.1) is 10.1 Å². The van der Waals surface area contributed by atoms with Gasteiger partial charge < -0.3 is 10.0 Å². The van der Waals surface area contributed by atoms with E-state index in [0.717, 1.165) is 30.9 Å². The second-order valence-corrected chi connectivity index (χ2v) is 5.40. The molecule has 1 N–H and O–H groups in total. The topological polar surface area (TPSA) is 111 Å². The highest BCUT2D eigenvalue weighted by Crippen LogP contribution is 2.22. The quantitative estimate of drug-likeness (QED) is 0.465. The molecule has 0 bridgehead atoms. The summed E-state index contributed by atoms with van der Waals surface area (Å²) in [6.45, 7) is 5.87. The summed E-state index contributed by atoms with van der Waals surface area (Å²) in [6, 6.07) is 10.7. The Morgan fingerprint density at radius 2 is 1.85 bits per heavy atom. The predicted molar refractivity (Wildman–Crippen MR) is 97.6 cm³/mol. The number of hydrazone groups is 1. The molecule has 0 radical (unpaired) electrons. The Morgan fingerprint density at radius 3 is 2.42 bits per heavy atom. The highest BCUT2D eigenvalue weighted by atomic mass is 16.6. The number of nitrogens with one attached hydrogen (secondary N) is 1. The first kappa shape index (κ1) is 18.9. The molecule has 0 atom stereocenters. The average Bonchev–Trinajstić information content (AvgIpc) is 2.64. The van der Waals surface area contributed by atoms with Crippen molar-refractivity contribution in [1.82, 2.24) is 5.43 Å². The van der Waals surface area contributed by atoms with Gasteiger partial charge in [0.1, 0.15) is 0 Å². The first-order valence-electron chi connectivity index (χ1n) is 8.10. The van der Waals surface area contributed by atoms with Crippen LogP contribution >= 0.6 is 0 Å². The average molecular weight is 355 g/mol. The maximum atomic E-state index is 12.1. The smallest absolute Gasteiger partial charge is 0.271 e. The molecule has 2 aromatic rings. The number of carbonyl (C=O) groups is 1. The molecule has 136 valence electrons. The predicted octanol–water partition coefficient (Wildman–Crippen LogP) is 2.28. The lowest BCUT2D eigenvalue weighted by atomic mass is 10.2. The number of hydrogen-bond donors (Lipinski definition) is 1. The molecule has 8 heteroatoms. The molecular weight excluding hydrogens is 336 g/mol. The lowest BCUT2D eigenvalue weighted by Gasteiger charge is -2.20. The number of nitro groups is 1. The van der Waals surface area contributed by atoms with Crippen LogP contribution in [0.25, 0.3) is 0 Å². The van der Waals surface area contributed by atoms with Crippen LogP contribution in [0.15, 0.2) is 47.6 Å². The van der Waals surface area contributed by atoms with Crippen LogP contribution in [0.1, 0.15) is 29.8 Å². The molecule has 8 nitrogen and oxygen atoms in total. The largest absolute Gasteiger partial charge is 0.868 e. The van der Waals surface area contributed by atoms with Crippen LogP contribution in [-0.2, 0) is 0 Å². The first-order chi connectivity index (χ1) is 12.5. The molecule has 0 aromatic heterocycles. The Hall–Kier alpha value is -3.42. The van der Waals surface area contributed by atoms with E-state index in [1.54, 1.807) is 12.1 Å². The van der Waals surface area contributed by atoms with Gasteiger partial charge in [0.2, 0.25) is 0 Å². The van der Waals surface area contributed by atoms with E-state index in [0.29, 0.717) is 11.1 Å². The third-order valence-electron chi connectivity index (χ3n) is 3.82. The van der Waals surface area contributed by atoms with Crippen LogP contribution in [0.2, 0.25) is 0 Å². The molecule has 0 unspecified atom stereocenters. The number of carbonyl (C=O) groups excluding carboxylic acids is 1. The molecule has 0 saturated heterocycles. The van der Waals surface area contributed by atoms with Gasteiger partial charge in [-0.1, -0.05) is 12.1 Å². The summed E-state index contributed by atoms with van der Waals surface area (Å²) in [7, 11) is 0. The molecule has 26 heavy (non-hydrogen) atoms. The molecule has 0 aliphatic rings. The van der Waals surface area contributed by atoms with Gasteiger partial charge in [0.25, 0.3) is 11.6 Å². The van der Waals surface area contributed by atoms with Gasteiger partial charge in [0, 0.05) is 36.0 Å². The third-order valence-corrected chi connectivity index (χ3v) is 3.82. The lowest BCUT2D eigenvalue weighted by molar-refractivity contribution is -0.398. The highest BCUT2D eigenvalue weighted by Gasteiger charge is 2.08. The summed E-state index contributed by atoms with van der Waals surface area (Å²) in [6.07, 6.45) is 1.24. The fourth-order valence-corrected chi connectivity index (χ4v) is 2.40. The molecule has 0 aliphatic heterocycles. The number of anilines is 1. The van der Waals surface area contributed by atoms with Crippen LogP contribution in [0.5, 0.6) is 5.75 Å². The van der Waals surface area contributed by atoms with Gasteiger partial charge in [-0.25, -0.2) is 5.43 Å². The fourth-order valence-electron chi connectivity index (χ4n) is 2.40. The molecule has 0 aliphatic carbocycles. The molecule has 0 heterocycles. The number of nitro benzene ring substituents is 1. The summed E-state index contributed by atoms with van der Waals surface area (Å²) in [5.41, 5.74) is 3.63. The van der Waals surface area contributed by atoms with Gasteiger partial charge in [-0.15, -0.1) is 0 Å². The Morgan fingerprint density at radius 1 is 1.19 bits per heavy atom. The summed E-state index contributed by atoms with van der Waals surface area (Å²) in [5, 5.41) is 25.9. The van der Waals surface area contributed by atoms with E-state index < -0.39 is 22.3 Å². The zero-order valence-corrected chi connectivity index (χ0v) is 14.5. The van der Waals surface area contributed by atoms with Gasteiger partial charge in [0.15, 0.2) is 0 Å². The monoisotopic (exact) mass is 355 g/mol. The maximum absolute atomic E-state index is 12.1. The van der Waals surface area contributed by atoms with Crippen LogP contribution < -0.4 is 15.4 Å². The molecule has 1 amide bonds. The van der Waals surface area contributed by atoms with Crippen molar-refractivity contribution in [3.05, 3.63) is 63.7 Å². The Kier molecular flexibility index (Phi) is 6.26. The van der Waals surface area contributed by atoms with E-state index in [9.17, 15) is 20.0 Å². The zero-order valence-electron chi connectivity index (χ0n) is 14.5. The number of amides is 1. The van der Waals surface area contributed by atoms with Gasteiger partial charge in [0.05, 0.1) is 11.1 Å². The number of benzene rings is 2. The third kappa shape index (κ3) is 4.56. The van der Waals surface area contributed by atoms with Crippen molar-refractivity contribution >= 4 is 23.5 Å². The minimum Gasteiger partial charge on any atom is -0.868 e. The van der Waals surface area contributed by atoms with Crippen molar-refractivity contribution < 1.29 is 14.8 Å². The summed E-state index contributed by atoms with van der Waals surface area (Å²) < 4.78 is 0. The second kappa shape index (κ2) is 8.61. The number of rotatable bonds is 7. The van der Waals surface area contributed by atoms with Crippen molar-refractivity contribution in [2.45, 2.75) is 13.8 Å². The van der Waals surface area contributed by atoms with Crippen molar-refractivity contribution in [3.63, 3.8) is 0 Å². The molecule has 0 fully saturated rings. The fraction of sp³-hybridized carbons (Fsp3) is 0.222. The summed E-state index contributed by atoms with van der Waals surface area (Å²) >= 11 is 0. The summed E-state index contributed by atoms with van der Waals surface area (Å²) in [4.78, 5) is 24.2. The van der Waals surface area contributed by atoms with E-state index in [4.69, 9.17) is 0 Å². The minimum absolute atomic E-state index is 0.341. The Labute approximate surface area is 150 Å². The van der Waals surface area contributed by atoms with E-state index in [-0.39, 0.29) is 0 Å². The van der Waals surface area contributed by atoms with E-state index in [2.05, 4.69) is 29.3 Å². The molecule has 0 spiro atoms. The van der Waals surface area contributed by atoms with Crippen molar-refractivity contribution in [1.29, 1.82) is 0 Å².